The molecule has 2 aromatic carbocycles. The van der Waals surface area contributed by atoms with E-state index in [4.69, 9.17) is 4.74 Å². The molecule has 4 nitrogen and oxygen atoms in total. The van der Waals surface area contributed by atoms with Gasteiger partial charge in [-0.15, -0.1) is 0 Å². The van der Waals surface area contributed by atoms with Crippen molar-refractivity contribution in [3.63, 3.8) is 0 Å². The van der Waals surface area contributed by atoms with Gasteiger partial charge in [0.25, 0.3) is 5.91 Å². The Labute approximate surface area is 155 Å². The van der Waals surface area contributed by atoms with Gasteiger partial charge in [-0.05, 0) is 61.4 Å². The second kappa shape index (κ2) is 8.37. The van der Waals surface area contributed by atoms with Crippen LogP contribution in [0.2, 0.25) is 0 Å². The molecular formula is C22H27NO3. The van der Waals surface area contributed by atoms with Gasteiger partial charge in [0.1, 0.15) is 5.75 Å². The highest BCUT2D eigenvalue weighted by Crippen LogP contribution is 2.30. The van der Waals surface area contributed by atoms with Crippen LogP contribution in [0.3, 0.4) is 0 Å². The molecule has 26 heavy (non-hydrogen) atoms. The highest BCUT2D eigenvalue weighted by atomic mass is 16.5. The second-order valence-corrected chi connectivity index (χ2v) is 7.11. The monoisotopic (exact) mass is 353 g/mol. The van der Waals surface area contributed by atoms with Crippen molar-refractivity contribution in [1.29, 1.82) is 0 Å². The Morgan fingerprint density at radius 1 is 1.12 bits per heavy atom. The van der Waals surface area contributed by atoms with Crippen LogP contribution < -0.4 is 4.74 Å². The molecule has 1 amide bonds. The van der Waals surface area contributed by atoms with Gasteiger partial charge in [0, 0.05) is 13.1 Å². The van der Waals surface area contributed by atoms with Crippen molar-refractivity contribution in [1.82, 2.24) is 4.90 Å². The van der Waals surface area contributed by atoms with Gasteiger partial charge in [-0.2, -0.15) is 0 Å². The van der Waals surface area contributed by atoms with Crippen LogP contribution >= 0.6 is 0 Å². The highest BCUT2D eigenvalue weighted by Gasteiger charge is 2.28. The molecule has 0 spiro atoms. The summed E-state index contributed by atoms with van der Waals surface area (Å²) in [5, 5.41) is 10.5. The van der Waals surface area contributed by atoms with E-state index < -0.39 is 6.10 Å². The van der Waals surface area contributed by atoms with Crippen molar-refractivity contribution >= 4 is 5.91 Å². The number of likely N-dealkylation sites (tertiary alicyclic amines) is 1. The SMILES string of the molecule is Cc1ccc(OCC(=O)N2CCC(C(O)c3ccccc3)CC2)cc1C. The molecule has 0 bridgehead atoms. The lowest BCUT2D eigenvalue weighted by molar-refractivity contribution is -0.135. The topological polar surface area (TPSA) is 49.8 Å². The molecule has 1 fully saturated rings. The zero-order valence-electron chi connectivity index (χ0n) is 15.5. The van der Waals surface area contributed by atoms with Crippen molar-refractivity contribution in [2.24, 2.45) is 5.92 Å². The zero-order chi connectivity index (χ0) is 18.5. The number of rotatable bonds is 5. The summed E-state index contributed by atoms with van der Waals surface area (Å²) in [6.45, 7) is 5.49. The van der Waals surface area contributed by atoms with E-state index in [0.29, 0.717) is 13.1 Å². The summed E-state index contributed by atoms with van der Waals surface area (Å²) in [6, 6.07) is 15.6. The normalized spacial score (nSPS) is 16.3. The first-order valence-electron chi connectivity index (χ1n) is 9.25. The quantitative estimate of drug-likeness (QED) is 0.892. The summed E-state index contributed by atoms with van der Waals surface area (Å²) in [5.74, 6) is 0.939. The van der Waals surface area contributed by atoms with E-state index in [2.05, 4.69) is 6.92 Å². The summed E-state index contributed by atoms with van der Waals surface area (Å²) in [7, 11) is 0. The molecule has 1 N–H and O–H groups in total. The Bertz CT molecular complexity index is 736. The van der Waals surface area contributed by atoms with Crippen molar-refractivity contribution in [3.8, 4) is 5.75 Å². The van der Waals surface area contributed by atoms with Gasteiger partial charge in [0.05, 0.1) is 6.10 Å². The van der Waals surface area contributed by atoms with Crippen molar-refractivity contribution in [2.75, 3.05) is 19.7 Å². The third-order valence-electron chi connectivity index (χ3n) is 5.32. The average molecular weight is 353 g/mol. The summed E-state index contributed by atoms with van der Waals surface area (Å²) in [4.78, 5) is 14.3. The number of aliphatic hydroxyl groups excluding tert-OH is 1. The Hall–Kier alpha value is -2.33. The van der Waals surface area contributed by atoms with Gasteiger partial charge >= 0.3 is 0 Å². The Balaban J connectivity index is 1.48. The maximum Gasteiger partial charge on any atom is 0.260 e. The van der Waals surface area contributed by atoms with E-state index in [1.807, 2.05) is 60.4 Å². The number of nitrogens with zero attached hydrogens (tertiary/aromatic N) is 1. The molecular weight excluding hydrogens is 326 g/mol. The van der Waals surface area contributed by atoms with Crippen LogP contribution in [-0.4, -0.2) is 35.6 Å². The number of benzene rings is 2. The van der Waals surface area contributed by atoms with Gasteiger partial charge < -0.3 is 14.7 Å². The van der Waals surface area contributed by atoms with Crippen molar-refractivity contribution in [2.45, 2.75) is 32.8 Å². The van der Waals surface area contributed by atoms with Gasteiger partial charge in [-0.1, -0.05) is 36.4 Å². The van der Waals surface area contributed by atoms with E-state index in [-0.39, 0.29) is 18.4 Å². The summed E-state index contributed by atoms with van der Waals surface area (Å²) < 4.78 is 5.66. The number of amides is 1. The van der Waals surface area contributed by atoms with Gasteiger partial charge in [0.15, 0.2) is 6.61 Å². The summed E-state index contributed by atoms with van der Waals surface area (Å²) in [5.41, 5.74) is 3.32. The lowest BCUT2D eigenvalue weighted by atomic mass is 9.87. The minimum atomic E-state index is -0.458. The molecule has 4 heteroatoms. The number of hydrogen-bond donors (Lipinski definition) is 1. The van der Waals surface area contributed by atoms with Gasteiger partial charge in [0.2, 0.25) is 0 Å². The van der Waals surface area contributed by atoms with Crippen LogP contribution in [0.25, 0.3) is 0 Å². The molecule has 0 aliphatic carbocycles. The van der Waals surface area contributed by atoms with Gasteiger partial charge in [-0.25, -0.2) is 0 Å². The molecule has 138 valence electrons. The van der Waals surface area contributed by atoms with Crippen molar-refractivity contribution in [3.05, 3.63) is 65.2 Å². The number of ether oxygens (including phenoxy) is 1. The smallest absolute Gasteiger partial charge is 0.260 e. The summed E-state index contributed by atoms with van der Waals surface area (Å²) in [6.07, 6.45) is 1.16. The average Bonchev–Trinajstić information content (AvgIpc) is 2.69. The first-order chi connectivity index (χ1) is 12.5. The van der Waals surface area contributed by atoms with Crippen molar-refractivity contribution < 1.29 is 14.6 Å². The third-order valence-corrected chi connectivity index (χ3v) is 5.32. The molecule has 0 radical (unpaired) electrons. The maximum atomic E-state index is 12.4. The van der Waals surface area contributed by atoms with E-state index in [9.17, 15) is 9.90 Å². The molecule has 3 rings (SSSR count). The molecule has 1 saturated heterocycles. The molecule has 1 aliphatic heterocycles. The molecule has 1 heterocycles. The molecule has 1 unspecified atom stereocenters. The van der Waals surface area contributed by atoms with E-state index in [0.717, 1.165) is 29.7 Å². The maximum absolute atomic E-state index is 12.4. The lowest BCUT2D eigenvalue weighted by Gasteiger charge is -2.34. The molecule has 1 aliphatic rings. The highest BCUT2D eigenvalue weighted by molar-refractivity contribution is 5.77. The number of carbonyl (C=O) groups excluding carboxylic acids is 1. The lowest BCUT2D eigenvalue weighted by Crippen LogP contribution is -2.42. The zero-order valence-corrected chi connectivity index (χ0v) is 15.5. The third kappa shape index (κ3) is 4.44. The minimum Gasteiger partial charge on any atom is -0.484 e. The summed E-state index contributed by atoms with van der Waals surface area (Å²) >= 11 is 0. The number of aryl methyl sites for hydroxylation is 2. The molecule has 1 atom stereocenters. The predicted molar refractivity (Wildman–Crippen MR) is 102 cm³/mol. The van der Waals surface area contributed by atoms with Gasteiger partial charge in [-0.3, -0.25) is 4.79 Å². The van der Waals surface area contributed by atoms with Crippen LogP contribution in [0.1, 0.15) is 35.6 Å². The van der Waals surface area contributed by atoms with Crippen LogP contribution in [0.15, 0.2) is 48.5 Å². The largest absolute Gasteiger partial charge is 0.484 e. The van der Waals surface area contributed by atoms with Crippen LogP contribution in [0.5, 0.6) is 5.75 Å². The van der Waals surface area contributed by atoms with Crippen LogP contribution in [0, 0.1) is 19.8 Å². The fourth-order valence-electron chi connectivity index (χ4n) is 3.43. The van der Waals surface area contributed by atoms with E-state index in [1.165, 1.54) is 5.56 Å². The standard InChI is InChI=1S/C22H27NO3/c1-16-8-9-20(14-17(16)2)26-15-21(24)23-12-10-19(11-13-23)22(25)18-6-4-3-5-7-18/h3-9,14,19,22,25H,10-13,15H2,1-2H3. The van der Waals surface area contributed by atoms with E-state index >= 15 is 0 Å². The number of piperidine rings is 1. The first-order valence-corrected chi connectivity index (χ1v) is 9.25. The number of carbonyl (C=O) groups is 1. The predicted octanol–water partition coefficient (Wildman–Crippen LogP) is 3.65. The van der Waals surface area contributed by atoms with Crippen LogP contribution in [-0.2, 0) is 4.79 Å². The Morgan fingerprint density at radius 3 is 2.46 bits per heavy atom. The fraction of sp³-hybridized carbons (Fsp3) is 0.409. The Morgan fingerprint density at radius 2 is 1.81 bits per heavy atom. The molecule has 0 aromatic heterocycles. The second-order valence-electron chi connectivity index (χ2n) is 7.11. The number of hydrogen-bond acceptors (Lipinski definition) is 3. The number of aliphatic hydroxyl groups is 1. The Kier molecular flexibility index (Phi) is 5.94. The first kappa shape index (κ1) is 18.5. The van der Waals surface area contributed by atoms with E-state index in [1.54, 1.807) is 0 Å². The minimum absolute atomic E-state index is 0.0101. The fourth-order valence-corrected chi connectivity index (χ4v) is 3.43. The molecule has 2 aromatic rings. The van der Waals surface area contributed by atoms with Crippen LogP contribution in [0.4, 0.5) is 0 Å². The molecule has 0 saturated carbocycles.